The number of hydrogen-bond acceptors (Lipinski definition) is 4. The van der Waals surface area contributed by atoms with Crippen LogP contribution in [0.4, 0.5) is 4.79 Å². The second-order valence-electron chi connectivity index (χ2n) is 7.44. The van der Waals surface area contributed by atoms with Crippen LogP contribution in [0.5, 0.6) is 0 Å². The highest BCUT2D eigenvalue weighted by Crippen LogP contribution is 2.27. The molecule has 0 saturated carbocycles. The number of morpholine rings is 1. The van der Waals surface area contributed by atoms with Gasteiger partial charge in [-0.2, -0.15) is 0 Å². The summed E-state index contributed by atoms with van der Waals surface area (Å²) in [6, 6.07) is 9.99. The van der Waals surface area contributed by atoms with E-state index in [4.69, 9.17) is 9.84 Å². The molecule has 2 atom stereocenters. The van der Waals surface area contributed by atoms with Gasteiger partial charge in [0, 0.05) is 19.6 Å². The van der Waals surface area contributed by atoms with Crippen molar-refractivity contribution in [2.45, 2.75) is 38.8 Å². The Labute approximate surface area is 167 Å². The van der Waals surface area contributed by atoms with Gasteiger partial charge >= 0.3 is 12.0 Å². The standard InChI is InChI=1S/C21H33N3O4/c1-4-16(5-2)20(17-9-7-6-8-10-17)22-21(27)24-11-12-28-18(14-24)13-23(3)15-19(25)26/h6-10,16,18,20H,4-5,11-15H2,1-3H3,(H,22,27)(H,25,26). The largest absolute Gasteiger partial charge is 0.480 e. The highest BCUT2D eigenvalue weighted by molar-refractivity contribution is 5.75. The number of carboxylic acids is 1. The summed E-state index contributed by atoms with van der Waals surface area (Å²) in [5.41, 5.74) is 1.12. The molecule has 7 heteroatoms. The van der Waals surface area contributed by atoms with Crippen LogP contribution in [-0.4, -0.2) is 72.8 Å². The lowest BCUT2D eigenvalue weighted by Crippen LogP contribution is -2.53. The summed E-state index contributed by atoms with van der Waals surface area (Å²) in [6.07, 6.45) is 1.79. The van der Waals surface area contributed by atoms with Gasteiger partial charge in [-0.3, -0.25) is 9.69 Å². The van der Waals surface area contributed by atoms with Crippen molar-refractivity contribution in [2.24, 2.45) is 5.92 Å². The number of benzene rings is 1. The zero-order valence-corrected chi connectivity index (χ0v) is 17.1. The maximum absolute atomic E-state index is 13.0. The fraction of sp³-hybridized carbons (Fsp3) is 0.619. The first-order chi connectivity index (χ1) is 13.4. The summed E-state index contributed by atoms with van der Waals surface area (Å²) in [6.45, 7) is 6.19. The molecule has 2 N–H and O–H groups in total. The topological polar surface area (TPSA) is 82.1 Å². The van der Waals surface area contributed by atoms with Crippen LogP contribution in [0.1, 0.15) is 38.3 Å². The molecule has 156 valence electrons. The van der Waals surface area contributed by atoms with Gasteiger partial charge in [-0.1, -0.05) is 57.0 Å². The average molecular weight is 392 g/mol. The molecule has 2 rings (SSSR count). The third-order valence-electron chi connectivity index (χ3n) is 5.30. The number of ether oxygens (including phenoxy) is 1. The number of nitrogens with zero attached hydrogens (tertiary/aromatic N) is 2. The van der Waals surface area contributed by atoms with Gasteiger partial charge in [0.15, 0.2) is 0 Å². The normalized spacial score (nSPS) is 18.3. The minimum atomic E-state index is -0.871. The van der Waals surface area contributed by atoms with Crippen molar-refractivity contribution in [3.8, 4) is 0 Å². The molecular formula is C21H33N3O4. The first kappa shape index (κ1) is 22.2. The van der Waals surface area contributed by atoms with E-state index < -0.39 is 5.97 Å². The summed E-state index contributed by atoms with van der Waals surface area (Å²) < 4.78 is 5.73. The third-order valence-corrected chi connectivity index (χ3v) is 5.30. The first-order valence-electron chi connectivity index (χ1n) is 10.1. The van der Waals surface area contributed by atoms with Crippen LogP contribution in [0.25, 0.3) is 0 Å². The Hall–Kier alpha value is -2.12. The van der Waals surface area contributed by atoms with Crippen LogP contribution in [0.3, 0.4) is 0 Å². The Kier molecular flexibility index (Phi) is 8.73. The van der Waals surface area contributed by atoms with E-state index in [1.165, 1.54) is 0 Å². The average Bonchev–Trinajstić information content (AvgIpc) is 2.68. The molecule has 0 spiro atoms. The maximum Gasteiger partial charge on any atom is 0.318 e. The van der Waals surface area contributed by atoms with Crippen molar-refractivity contribution in [2.75, 3.05) is 39.8 Å². The number of carboxylic acid groups (broad SMARTS) is 1. The zero-order valence-electron chi connectivity index (χ0n) is 17.1. The molecule has 1 fully saturated rings. The first-order valence-corrected chi connectivity index (χ1v) is 10.1. The van der Waals surface area contributed by atoms with Gasteiger partial charge in [-0.15, -0.1) is 0 Å². The molecule has 0 bridgehead atoms. The Morgan fingerprint density at radius 3 is 2.57 bits per heavy atom. The maximum atomic E-state index is 13.0. The lowest BCUT2D eigenvalue weighted by atomic mass is 9.89. The Morgan fingerprint density at radius 2 is 1.96 bits per heavy atom. The minimum Gasteiger partial charge on any atom is -0.480 e. The monoisotopic (exact) mass is 391 g/mol. The molecule has 0 aliphatic carbocycles. The number of amides is 2. The highest BCUT2D eigenvalue weighted by Gasteiger charge is 2.29. The number of carbonyl (C=O) groups excluding carboxylic acids is 1. The number of carbonyl (C=O) groups is 2. The van der Waals surface area contributed by atoms with Crippen LogP contribution >= 0.6 is 0 Å². The molecular weight excluding hydrogens is 358 g/mol. The van der Waals surface area contributed by atoms with E-state index in [9.17, 15) is 9.59 Å². The van der Waals surface area contributed by atoms with E-state index in [0.29, 0.717) is 32.2 Å². The SMILES string of the molecule is CCC(CC)C(NC(=O)N1CCOC(CN(C)CC(=O)O)C1)c1ccccc1. The van der Waals surface area contributed by atoms with Gasteiger partial charge in [-0.05, 0) is 18.5 Å². The molecule has 1 aromatic carbocycles. The van der Waals surface area contributed by atoms with Crippen molar-refractivity contribution < 1.29 is 19.4 Å². The molecule has 1 aliphatic rings. The molecule has 1 saturated heterocycles. The molecule has 2 unspecified atom stereocenters. The Bertz CT molecular complexity index is 621. The van der Waals surface area contributed by atoms with Crippen molar-refractivity contribution >= 4 is 12.0 Å². The van der Waals surface area contributed by atoms with E-state index in [-0.39, 0.29) is 24.7 Å². The van der Waals surface area contributed by atoms with Crippen molar-refractivity contribution in [3.05, 3.63) is 35.9 Å². The predicted molar refractivity (Wildman–Crippen MR) is 108 cm³/mol. The smallest absolute Gasteiger partial charge is 0.318 e. The van der Waals surface area contributed by atoms with Crippen LogP contribution < -0.4 is 5.32 Å². The summed E-state index contributed by atoms with van der Waals surface area (Å²) in [4.78, 5) is 27.3. The Balaban J connectivity index is 2.01. The zero-order chi connectivity index (χ0) is 20.5. The third kappa shape index (κ3) is 6.49. The molecule has 0 radical (unpaired) electrons. The molecule has 0 aromatic heterocycles. The molecule has 28 heavy (non-hydrogen) atoms. The molecule has 1 aromatic rings. The van der Waals surface area contributed by atoms with E-state index in [1.807, 2.05) is 18.2 Å². The number of likely N-dealkylation sites (N-methyl/N-ethyl adjacent to an activating group) is 1. The quantitative estimate of drug-likeness (QED) is 0.676. The fourth-order valence-corrected chi connectivity index (χ4v) is 3.78. The number of hydrogen-bond donors (Lipinski definition) is 2. The number of nitrogens with one attached hydrogen (secondary N) is 1. The van der Waals surface area contributed by atoms with Gasteiger partial charge in [0.2, 0.25) is 0 Å². The van der Waals surface area contributed by atoms with Crippen LogP contribution in [0.15, 0.2) is 30.3 Å². The van der Waals surface area contributed by atoms with E-state index in [0.717, 1.165) is 18.4 Å². The summed E-state index contributed by atoms with van der Waals surface area (Å²) in [5.74, 6) is -0.506. The van der Waals surface area contributed by atoms with Gasteiger partial charge in [0.1, 0.15) is 0 Å². The van der Waals surface area contributed by atoms with E-state index in [1.54, 1.807) is 16.8 Å². The number of aliphatic carboxylic acids is 1. The van der Waals surface area contributed by atoms with Crippen molar-refractivity contribution in [1.29, 1.82) is 0 Å². The molecule has 2 amide bonds. The van der Waals surface area contributed by atoms with Crippen LogP contribution in [0, 0.1) is 5.92 Å². The summed E-state index contributed by atoms with van der Waals surface area (Å²) in [7, 11) is 1.75. The minimum absolute atomic E-state index is 0.0281. The van der Waals surface area contributed by atoms with Gasteiger partial charge in [-0.25, -0.2) is 4.79 Å². The summed E-state index contributed by atoms with van der Waals surface area (Å²) >= 11 is 0. The second kappa shape index (κ2) is 11.0. The number of rotatable bonds is 9. The lowest BCUT2D eigenvalue weighted by molar-refractivity contribution is -0.138. The van der Waals surface area contributed by atoms with E-state index in [2.05, 4.69) is 31.3 Å². The van der Waals surface area contributed by atoms with E-state index >= 15 is 0 Å². The number of urea groups is 1. The highest BCUT2D eigenvalue weighted by atomic mass is 16.5. The van der Waals surface area contributed by atoms with Crippen LogP contribution in [0.2, 0.25) is 0 Å². The Morgan fingerprint density at radius 1 is 1.29 bits per heavy atom. The second-order valence-corrected chi connectivity index (χ2v) is 7.44. The predicted octanol–water partition coefficient (Wildman–Crippen LogP) is 2.59. The van der Waals surface area contributed by atoms with Gasteiger partial charge in [0.05, 0.1) is 25.3 Å². The molecule has 1 heterocycles. The van der Waals surface area contributed by atoms with Gasteiger partial charge in [0.25, 0.3) is 0 Å². The van der Waals surface area contributed by atoms with Gasteiger partial charge < -0.3 is 20.1 Å². The molecule has 1 aliphatic heterocycles. The van der Waals surface area contributed by atoms with Crippen LogP contribution in [-0.2, 0) is 9.53 Å². The molecule has 7 nitrogen and oxygen atoms in total. The lowest BCUT2D eigenvalue weighted by Gasteiger charge is -2.36. The van der Waals surface area contributed by atoms with Crippen molar-refractivity contribution in [3.63, 3.8) is 0 Å². The fourth-order valence-electron chi connectivity index (χ4n) is 3.78. The van der Waals surface area contributed by atoms with Crippen molar-refractivity contribution in [1.82, 2.24) is 15.1 Å². The summed E-state index contributed by atoms with van der Waals surface area (Å²) in [5, 5.41) is 12.1.